The summed E-state index contributed by atoms with van der Waals surface area (Å²) in [5, 5.41) is 197. The number of aldehydes is 2. The zero-order chi connectivity index (χ0) is 74.0. The number of carbonyl (C=O) groups excluding carboxylic acids is 3. The first kappa shape index (κ1) is 74.5. The van der Waals surface area contributed by atoms with E-state index in [1.54, 1.807) is 107 Å². The van der Waals surface area contributed by atoms with Gasteiger partial charge in [-0.2, -0.15) is 0 Å². The Morgan fingerprint density at radius 1 is 0.480 bits per heavy atom. The molecule has 534 valence electrons. The van der Waals surface area contributed by atoms with Crippen molar-refractivity contribution < 1.29 is 120 Å². The molecule has 8 aromatic carbocycles. The second kappa shape index (κ2) is 28.8. The number of hydrogen-bond acceptors (Lipinski definition) is 26. The molecule has 0 saturated carbocycles. The molecule has 26 heteroatoms. The highest BCUT2D eigenvalue weighted by Crippen LogP contribution is 2.57. The SMILES string of the molecule is CC(=O)OC1C(O)C(CO)OC(OC(CN=Cc2c(O)c(O)c(C(C)C)c3cc(C)c(-c4c(C)cc5c(C(C)C)c(O)c(O)c(C=O)c5c4O)c(O)c23)C(CO)OC(O)CN=Cc2c(O)c(O)c(C(C)C)c3cc(C)c(-c4c(C)cc5c(C(C)C)c(O)c(O)c(C=O)c5c4O)c(O)c23)C1O. The molecule has 1 heterocycles. The predicted octanol–water partition coefficient (Wildman–Crippen LogP) is 9.44. The van der Waals surface area contributed by atoms with E-state index < -0.39 is 185 Å². The number of ether oxygens (including phenoxy) is 4. The van der Waals surface area contributed by atoms with Crippen LogP contribution in [0.2, 0.25) is 0 Å². The first-order valence-electron chi connectivity index (χ1n) is 32.3. The van der Waals surface area contributed by atoms with Crippen molar-refractivity contribution in [2.24, 2.45) is 9.98 Å². The van der Waals surface area contributed by atoms with Crippen molar-refractivity contribution in [1.82, 2.24) is 0 Å². The minimum absolute atomic E-state index is 0.00408. The molecule has 1 aliphatic heterocycles. The van der Waals surface area contributed by atoms with Crippen LogP contribution in [-0.4, -0.2) is 193 Å². The number of benzene rings is 8. The van der Waals surface area contributed by atoms with Crippen LogP contribution in [0.15, 0.2) is 34.3 Å². The summed E-state index contributed by atoms with van der Waals surface area (Å²) in [5.74, 6) is -10.6. The topological polar surface area (TPSA) is 457 Å². The van der Waals surface area contributed by atoms with Crippen LogP contribution in [0.5, 0.6) is 69.0 Å². The quantitative estimate of drug-likeness (QED) is 0.00987. The van der Waals surface area contributed by atoms with Crippen molar-refractivity contribution in [2.75, 3.05) is 26.3 Å². The normalized spacial score (nSPS) is 17.8. The summed E-state index contributed by atoms with van der Waals surface area (Å²) in [7, 11) is 0. The molecule has 0 bridgehead atoms. The number of aryl methyl sites for hydroxylation is 4. The lowest BCUT2D eigenvalue weighted by Gasteiger charge is -2.42. The lowest BCUT2D eigenvalue weighted by Crippen LogP contribution is -2.61. The number of nitrogens with zero attached hydrogens (tertiary/aromatic N) is 2. The molecule has 0 aliphatic carbocycles. The van der Waals surface area contributed by atoms with Crippen LogP contribution in [-0.2, 0) is 23.7 Å². The van der Waals surface area contributed by atoms with Crippen molar-refractivity contribution in [3.8, 4) is 91.2 Å². The molecule has 0 radical (unpaired) electrons. The number of rotatable bonds is 22. The summed E-state index contributed by atoms with van der Waals surface area (Å²) in [6.07, 6.45) is -12.2. The number of phenolic OH excluding ortho intramolecular Hbond substituents is 12. The zero-order valence-electron chi connectivity index (χ0n) is 57.2. The summed E-state index contributed by atoms with van der Waals surface area (Å²) >= 11 is 0. The van der Waals surface area contributed by atoms with E-state index in [1.807, 2.05) is 0 Å². The smallest absolute Gasteiger partial charge is 0.303 e. The van der Waals surface area contributed by atoms with Gasteiger partial charge < -0.3 is 106 Å². The number of aliphatic imine (C=N–C) groups is 2. The number of aromatic hydroxyl groups is 12. The molecule has 8 aromatic rings. The van der Waals surface area contributed by atoms with E-state index >= 15 is 0 Å². The van der Waals surface area contributed by atoms with E-state index in [-0.39, 0.29) is 111 Å². The Morgan fingerprint density at radius 2 is 0.800 bits per heavy atom. The van der Waals surface area contributed by atoms with Gasteiger partial charge in [-0.15, -0.1) is 0 Å². The van der Waals surface area contributed by atoms with E-state index in [0.717, 1.165) is 19.4 Å². The van der Waals surface area contributed by atoms with Crippen molar-refractivity contribution >= 4 is 74.1 Å². The molecule has 0 aromatic heterocycles. The minimum Gasteiger partial charge on any atom is -0.507 e. The number of aliphatic hydroxyl groups is 5. The standard InChI is InChI=1S/C74H84N2O24/c1-26(2)47-35-14-30(9)51(53-32(11)16-37-49(28(5)6)70(94)61(85)41(22-77)57(37)66(53)90)64(88)55(35)39(59(83)68(47)92)18-75-20-43(99-74-72(96)73(97-34(13)81)63(87)45(25-80)100-74)44(24-79)98-46(82)21-76-19-40-56-36(48(27(3)4)69(93)60(40)84)15-31(10)52(65(56)89)54-33(12)17-38-50(29(7)8)71(95)62(86)42(23-78)58(38)67(54)91/h14-19,22-23,26-29,43-46,63,72-74,79-80,82-96H,20-21,24-25H2,1-13H3. The van der Waals surface area contributed by atoms with Crippen LogP contribution in [0, 0.1) is 27.7 Å². The third kappa shape index (κ3) is 12.7. The van der Waals surface area contributed by atoms with Gasteiger partial charge in [-0.3, -0.25) is 24.4 Å². The molecule has 17 N–H and O–H groups in total. The fraction of sp³-hybridized carbons (Fsp3) is 0.392. The highest BCUT2D eigenvalue weighted by atomic mass is 16.7. The Labute approximate surface area is 573 Å². The van der Waals surface area contributed by atoms with Gasteiger partial charge in [-0.1, -0.05) is 79.7 Å². The monoisotopic (exact) mass is 1380 g/mol. The second-order valence-electron chi connectivity index (χ2n) is 26.6. The molecule has 8 unspecified atom stereocenters. The molecule has 0 amide bonds. The lowest BCUT2D eigenvalue weighted by atomic mass is 9.83. The van der Waals surface area contributed by atoms with Crippen molar-refractivity contribution in [3.05, 3.63) is 91.0 Å². The van der Waals surface area contributed by atoms with Gasteiger partial charge in [0.05, 0.1) is 37.4 Å². The molecular formula is C74H84N2O24. The molecule has 100 heavy (non-hydrogen) atoms. The van der Waals surface area contributed by atoms with Crippen molar-refractivity contribution in [1.29, 1.82) is 0 Å². The first-order valence-corrected chi connectivity index (χ1v) is 32.3. The van der Waals surface area contributed by atoms with Gasteiger partial charge in [0.2, 0.25) is 0 Å². The molecule has 0 spiro atoms. The minimum atomic E-state index is -2.06. The predicted molar refractivity (Wildman–Crippen MR) is 371 cm³/mol. The highest BCUT2D eigenvalue weighted by Gasteiger charge is 2.48. The van der Waals surface area contributed by atoms with Gasteiger partial charge in [0.15, 0.2) is 77.3 Å². The average molecular weight is 1390 g/mol. The van der Waals surface area contributed by atoms with Crippen molar-refractivity contribution in [2.45, 2.75) is 163 Å². The second-order valence-corrected chi connectivity index (χ2v) is 26.6. The molecule has 8 atom stereocenters. The molecular weight excluding hydrogens is 1300 g/mol. The number of esters is 1. The molecule has 1 fully saturated rings. The van der Waals surface area contributed by atoms with Crippen LogP contribution in [0.3, 0.4) is 0 Å². The molecule has 1 saturated heterocycles. The largest absolute Gasteiger partial charge is 0.507 e. The van der Waals surface area contributed by atoms with Crippen LogP contribution < -0.4 is 0 Å². The number of carbonyl (C=O) groups is 3. The number of phenols is 12. The molecule has 26 nitrogen and oxygen atoms in total. The molecule has 1 aliphatic rings. The summed E-state index contributed by atoms with van der Waals surface area (Å²) in [4.78, 5) is 46.3. The maximum Gasteiger partial charge on any atom is 0.303 e. The Balaban J connectivity index is 1.15. The lowest BCUT2D eigenvalue weighted by molar-refractivity contribution is -0.322. The first-order chi connectivity index (χ1) is 47.0. The summed E-state index contributed by atoms with van der Waals surface area (Å²) < 4.78 is 23.1. The number of aliphatic hydroxyl groups excluding tert-OH is 5. The van der Waals surface area contributed by atoms with E-state index in [0.29, 0.717) is 22.3 Å². The maximum atomic E-state index is 12.7. The third-order valence-corrected chi connectivity index (χ3v) is 18.6. The van der Waals surface area contributed by atoms with Crippen LogP contribution >= 0.6 is 0 Å². The van der Waals surface area contributed by atoms with Gasteiger partial charge in [0.25, 0.3) is 0 Å². The van der Waals surface area contributed by atoms with Gasteiger partial charge in [0, 0.05) is 96.5 Å². The van der Waals surface area contributed by atoms with Gasteiger partial charge in [-0.25, -0.2) is 0 Å². The van der Waals surface area contributed by atoms with Crippen LogP contribution in [0.25, 0.3) is 65.3 Å². The zero-order valence-corrected chi connectivity index (χ0v) is 57.2. The summed E-state index contributed by atoms with van der Waals surface area (Å²) in [6.45, 7) is 17.7. The van der Waals surface area contributed by atoms with Crippen LogP contribution in [0.1, 0.15) is 162 Å². The summed E-state index contributed by atoms with van der Waals surface area (Å²) in [6, 6.07) is 6.33. The van der Waals surface area contributed by atoms with E-state index in [4.69, 9.17) is 18.9 Å². The fourth-order valence-electron chi connectivity index (χ4n) is 14.1. The fourth-order valence-corrected chi connectivity index (χ4v) is 14.1. The summed E-state index contributed by atoms with van der Waals surface area (Å²) in [5.41, 5.74) is 0.515. The Morgan fingerprint density at radius 3 is 1.10 bits per heavy atom. The molecule has 9 rings (SSSR count). The van der Waals surface area contributed by atoms with Crippen molar-refractivity contribution in [3.63, 3.8) is 0 Å². The Kier molecular flexibility index (Phi) is 21.5. The van der Waals surface area contributed by atoms with Gasteiger partial charge in [-0.05, 0) is 95.2 Å². The average Bonchev–Trinajstić information content (AvgIpc) is 0.727. The maximum absolute atomic E-state index is 12.7. The highest BCUT2D eigenvalue weighted by molar-refractivity contribution is 6.17. The van der Waals surface area contributed by atoms with Gasteiger partial charge >= 0.3 is 5.97 Å². The van der Waals surface area contributed by atoms with Gasteiger partial charge in [0.1, 0.15) is 53.5 Å². The Bertz CT molecular complexity index is 4690. The third-order valence-electron chi connectivity index (χ3n) is 18.6. The van der Waals surface area contributed by atoms with E-state index in [9.17, 15) is 101 Å². The Hall–Kier alpha value is -9.77. The number of hydrogen-bond donors (Lipinski definition) is 17. The van der Waals surface area contributed by atoms with E-state index in [1.165, 1.54) is 0 Å². The van der Waals surface area contributed by atoms with Crippen LogP contribution in [0.4, 0.5) is 0 Å². The number of fused-ring (bicyclic) bond motifs is 4. The van der Waals surface area contributed by atoms with E-state index in [2.05, 4.69) is 9.98 Å².